The molecule has 1 amide bonds. The minimum Gasteiger partial charge on any atom is -0.360 e. The molecule has 0 saturated heterocycles. The van der Waals surface area contributed by atoms with Gasteiger partial charge in [0.15, 0.2) is 5.76 Å². The van der Waals surface area contributed by atoms with Crippen molar-refractivity contribution in [2.24, 2.45) is 0 Å². The molecule has 0 unspecified atom stereocenters. The number of carbonyl (C=O) groups excluding carboxylic acids is 1. The molecule has 0 aliphatic carbocycles. The van der Waals surface area contributed by atoms with Gasteiger partial charge in [0.05, 0.1) is 6.54 Å². The molecule has 7 nitrogen and oxygen atoms in total. The number of para-hydroxylation sites is 1. The molecule has 0 atom stereocenters. The van der Waals surface area contributed by atoms with E-state index >= 15 is 0 Å². The van der Waals surface area contributed by atoms with Gasteiger partial charge in [0.2, 0.25) is 15.9 Å². The lowest BCUT2D eigenvalue weighted by molar-refractivity contribution is -0.116. The molecule has 0 saturated carbocycles. The fourth-order valence-corrected chi connectivity index (χ4v) is 3.89. The van der Waals surface area contributed by atoms with Gasteiger partial charge in [0.25, 0.3) is 0 Å². The number of sulfonamides is 1. The van der Waals surface area contributed by atoms with Crippen molar-refractivity contribution in [3.63, 3.8) is 0 Å². The largest absolute Gasteiger partial charge is 0.360 e. The number of benzene rings is 1. The van der Waals surface area contributed by atoms with E-state index < -0.39 is 15.9 Å². The fraction of sp³-hybridized carbons (Fsp3) is 0.375. The highest BCUT2D eigenvalue weighted by atomic mass is 32.2. The summed E-state index contributed by atoms with van der Waals surface area (Å²) in [4.78, 5) is 12.3. The number of likely N-dealkylation sites (N-methyl/N-ethyl adjacent to an activating group) is 1. The summed E-state index contributed by atoms with van der Waals surface area (Å²) in [5, 5.41) is 6.43. The number of anilines is 1. The second kappa shape index (κ2) is 6.74. The fourth-order valence-electron chi connectivity index (χ4n) is 2.48. The topological polar surface area (TPSA) is 92.5 Å². The molecule has 1 N–H and O–H groups in total. The van der Waals surface area contributed by atoms with Crippen LogP contribution in [0.2, 0.25) is 0 Å². The van der Waals surface area contributed by atoms with Crippen molar-refractivity contribution in [3.8, 4) is 0 Å². The lowest BCUT2D eigenvalue weighted by Crippen LogP contribution is -2.35. The molecule has 0 aliphatic heterocycles. The normalized spacial score (nSPS) is 11.8. The molecule has 0 bridgehead atoms. The van der Waals surface area contributed by atoms with Crippen molar-refractivity contribution >= 4 is 21.6 Å². The van der Waals surface area contributed by atoms with Gasteiger partial charge in [0, 0.05) is 12.7 Å². The zero-order valence-corrected chi connectivity index (χ0v) is 15.2. The third-order valence-corrected chi connectivity index (χ3v) is 5.80. The number of aryl methyl sites for hydroxylation is 4. The molecule has 1 aromatic heterocycles. The molecule has 2 rings (SSSR count). The number of amides is 1. The van der Waals surface area contributed by atoms with Crippen LogP contribution in [0.5, 0.6) is 0 Å². The van der Waals surface area contributed by atoms with E-state index in [1.165, 1.54) is 14.0 Å². The predicted octanol–water partition coefficient (Wildman–Crippen LogP) is 2.17. The maximum absolute atomic E-state index is 12.6. The number of aromatic nitrogens is 1. The number of hydrogen-bond acceptors (Lipinski definition) is 5. The van der Waals surface area contributed by atoms with Crippen molar-refractivity contribution in [2.45, 2.75) is 32.6 Å². The van der Waals surface area contributed by atoms with Gasteiger partial charge in [-0.2, -0.15) is 4.31 Å². The van der Waals surface area contributed by atoms with Gasteiger partial charge in [0.1, 0.15) is 10.6 Å². The SMILES string of the molecule is Cc1cccc(C)c1NC(=O)CN(C)S(=O)(=O)c1c(C)noc1C. The Kier molecular flexibility index (Phi) is 5.10. The maximum Gasteiger partial charge on any atom is 0.248 e. The lowest BCUT2D eigenvalue weighted by Gasteiger charge is -2.17. The summed E-state index contributed by atoms with van der Waals surface area (Å²) in [7, 11) is -2.50. The molecule has 130 valence electrons. The Hall–Kier alpha value is -2.19. The zero-order valence-electron chi connectivity index (χ0n) is 14.4. The van der Waals surface area contributed by atoms with Crippen LogP contribution in [-0.2, 0) is 14.8 Å². The minimum atomic E-state index is -3.85. The van der Waals surface area contributed by atoms with E-state index in [2.05, 4.69) is 10.5 Å². The Morgan fingerprint density at radius 1 is 1.21 bits per heavy atom. The summed E-state index contributed by atoms with van der Waals surface area (Å²) in [6.45, 7) is 6.53. The molecule has 0 fully saturated rings. The van der Waals surface area contributed by atoms with E-state index in [0.717, 1.165) is 15.4 Å². The monoisotopic (exact) mass is 351 g/mol. The molecule has 0 spiro atoms. The van der Waals surface area contributed by atoms with E-state index in [4.69, 9.17) is 4.52 Å². The van der Waals surface area contributed by atoms with Gasteiger partial charge >= 0.3 is 0 Å². The number of rotatable bonds is 5. The smallest absolute Gasteiger partial charge is 0.248 e. The summed E-state index contributed by atoms with van der Waals surface area (Å²) in [6, 6.07) is 5.66. The van der Waals surface area contributed by atoms with Crippen LogP contribution in [0.3, 0.4) is 0 Å². The van der Waals surface area contributed by atoms with Crippen molar-refractivity contribution in [2.75, 3.05) is 18.9 Å². The third-order valence-electron chi connectivity index (χ3n) is 3.75. The third kappa shape index (κ3) is 3.49. The van der Waals surface area contributed by atoms with Gasteiger partial charge in [-0.1, -0.05) is 23.4 Å². The van der Waals surface area contributed by atoms with Gasteiger partial charge in [-0.25, -0.2) is 8.42 Å². The second-order valence-electron chi connectivity index (χ2n) is 5.73. The van der Waals surface area contributed by atoms with E-state index in [-0.39, 0.29) is 22.9 Å². The van der Waals surface area contributed by atoms with Crippen molar-refractivity contribution < 1.29 is 17.7 Å². The quantitative estimate of drug-likeness (QED) is 0.891. The van der Waals surface area contributed by atoms with Crippen LogP contribution >= 0.6 is 0 Å². The molecule has 2 aromatic rings. The predicted molar refractivity (Wildman–Crippen MR) is 90.3 cm³/mol. The first kappa shape index (κ1) is 18.2. The summed E-state index contributed by atoms with van der Waals surface area (Å²) in [5.74, 6) is -0.209. The Morgan fingerprint density at radius 2 is 1.79 bits per heavy atom. The van der Waals surface area contributed by atoms with E-state index in [1.54, 1.807) is 6.92 Å². The van der Waals surface area contributed by atoms with Crippen LogP contribution in [0, 0.1) is 27.7 Å². The summed E-state index contributed by atoms with van der Waals surface area (Å²) in [6.07, 6.45) is 0. The van der Waals surface area contributed by atoms with E-state index in [9.17, 15) is 13.2 Å². The Balaban J connectivity index is 2.17. The highest BCUT2D eigenvalue weighted by Crippen LogP contribution is 2.23. The zero-order chi connectivity index (χ0) is 18.1. The Morgan fingerprint density at radius 3 is 2.29 bits per heavy atom. The average molecular weight is 351 g/mol. The van der Waals surface area contributed by atoms with E-state index in [1.807, 2.05) is 32.0 Å². The second-order valence-corrected chi connectivity index (χ2v) is 7.71. The molecular formula is C16H21N3O4S. The van der Waals surface area contributed by atoms with Gasteiger partial charge in [-0.05, 0) is 38.8 Å². The summed E-state index contributed by atoms with van der Waals surface area (Å²) in [5.41, 5.74) is 2.80. The van der Waals surface area contributed by atoms with Crippen LogP contribution in [0.25, 0.3) is 0 Å². The average Bonchev–Trinajstić information content (AvgIpc) is 2.82. The Bertz CT molecular complexity index is 832. The molecule has 0 aliphatic rings. The van der Waals surface area contributed by atoms with Gasteiger partial charge in [-0.3, -0.25) is 4.79 Å². The van der Waals surface area contributed by atoms with Crippen LogP contribution in [0.4, 0.5) is 5.69 Å². The van der Waals surface area contributed by atoms with Crippen molar-refractivity contribution in [3.05, 3.63) is 40.8 Å². The number of carbonyl (C=O) groups is 1. The van der Waals surface area contributed by atoms with Crippen LogP contribution < -0.4 is 5.32 Å². The number of hydrogen-bond donors (Lipinski definition) is 1. The van der Waals surface area contributed by atoms with E-state index in [0.29, 0.717) is 5.69 Å². The summed E-state index contributed by atoms with van der Waals surface area (Å²) >= 11 is 0. The first-order valence-electron chi connectivity index (χ1n) is 7.40. The first-order valence-corrected chi connectivity index (χ1v) is 8.84. The minimum absolute atomic E-state index is 0.00451. The van der Waals surface area contributed by atoms with Crippen LogP contribution in [0.15, 0.2) is 27.6 Å². The Labute approximate surface area is 141 Å². The van der Waals surface area contributed by atoms with Crippen molar-refractivity contribution in [1.82, 2.24) is 9.46 Å². The maximum atomic E-state index is 12.6. The molecule has 1 heterocycles. The molecular weight excluding hydrogens is 330 g/mol. The first-order chi connectivity index (χ1) is 11.1. The lowest BCUT2D eigenvalue weighted by atomic mass is 10.1. The molecule has 1 aromatic carbocycles. The summed E-state index contributed by atoms with van der Waals surface area (Å²) < 4.78 is 31.1. The number of nitrogens with zero attached hydrogens (tertiary/aromatic N) is 2. The van der Waals surface area contributed by atoms with Gasteiger partial charge < -0.3 is 9.84 Å². The highest BCUT2D eigenvalue weighted by molar-refractivity contribution is 7.89. The van der Waals surface area contributed by atoms with Crippen molar-refractivity contribution in [1.29, 1.82) is 0 Å². The number of nitrogens with one attached hydrogen (secondary N) is 1. The standard InChI is InChI=1S/C16H21N3O4S/c1-10-7-6-8-11(2)15(10)17-14(20)9-19(5)24(21,22)16-12(3)18-23-13(16)4/h6-8H,9H2,1-5H3,(H,17,20). The highest BCUT2D eigenvalue weighted by Gasteiger charge is 2.29. The molecule has 8 heteroatoms. The van der Waals surface area contributed by atoms with Crippen LogP contribution in [-0.4, -0.2) is 37.4 Å². The van der Waals surface area contributed by atoms with Gasteiger partial charge in [-0.15, -0.1) is 0 Å². The molecule has 24 heavy (non-hydrogen) atoms. The molecule has 0 radical (unpaired) electrons. The van der Waals surface area contributed by atoms with Crippen LogP contribution in [0.1, 0.15) is 22.6 Å².